The van der Waals surface area contributed by atoms with Crippen molar-refractivity contribution in [3.05, 3.63) is 223 Å². The lowest BCUT2D eigenvalue weighted by molar-refractivity contribution is 0.487. The van der Waals surface area contributed by atoms with Gasteiger partial charge >= 0.3 is 0 Å². The van der Waals surface area contributed by atoms with Crippen LogP contribution in [0.25, 0.3) is 94.3 Å². The summed E-state index contributed by atoms with van der Waals surface area (Å²) < 4.78 is 9.29. The average molecular weight is 792 g/mol. The first-order valence-corrected chi connectivity index (χ1v) is 21.3. The van der Waals surface area contributed by atoms with Gasteiger partial charge in [0, 0.05) is 50.5 Å². The smallest absolute Gasteiger partial charge is 0.160 e. The van der Waals surface area contributed by atoms with Gasteiger partial charge in [0.15, 0.2) is 5.82 Å². The molecule has 1 aliphatic carbocycles. The van der Waals surface area contributed by atoms with Gasteiger partial charge in [-0.1, -0.05) is 164 Å². The molecule has 0 saturated carbocycles. The number of rotatable bonds is 5. The van der Waals surface area contributed by atoms with E-state index in [1.54, 1.807) is 0 Å². The van der Waals surface area contributed by atoms with E-state index < -0.39 is 0 Å². The minimum Gasteiger partial charge on any atom is -0.456 e. The molecule has 0 bridgehead atoms. The van der Waals surface area contributed by atoms with Gasteiger partial charge in [-0.05, 0) is 87.1 Å². The second-order valence-corrected chi connectivity index (χ2v) is 16.4. The van der Waals surface area contributed by atoms with Crippen molar-refractivity contribution in [1.82, 2.24) is 14.5 Å². The predicted molar refractivity (Wildman–Crippen MR) is 253 cm³/mol. The van der Waals surface area contributed by atoms with E-state index in [2.05, 4.69) is 205 Å². The molecule has 1 aliphatic heterocycles. The van der Waals surface area contributed by atoms with Gasteiger partial charge in [0.1, 0.15) is 11.5 Å². The fourth-order valence-electron chi connectivity index (χ4n) is 10.2. The van der Waals surface area contributed by atoms with Gasteiger partial charge in [-0.3, -0.25) is 0 Å². The minimum absolute atomic E-state index is 0.0533. The van der Waals surface area contributed by atoms with E-state index in [9.17, 15) is 0 Å². The van der Waals surface area contributed by atoms with E-state index in [1.165, 1.54) is 60.6 Å². The molecule has 1 atom stereocenters. The molecular weight excluding hydrogens is 755 g/mol. The molecule has 0 saturated heterocycles. The zero-order valence-electron chi connectivity index (χ0n) is 33.7. The van der Waals surface area contributed by atoms with E-state index in [0.717, 1.165) is 68.4 Å². The molecule has 11 aromatic rings. The van der Waals surface area contributed by atoms with Gasteiger partial charge in [-0.2, -0.15) is 0 Å². The minimum atomic E-state index is 0.0533. The van der Waals surface area contributed by atoms with Gasteiger partial charge in [0.05, 0.1) is 22.4 Å². The van der Waals surface area contributed by atoms with Crippen molar-refractivity contribution in [2.75, 3.05) is 0 Å². The quantitative estimate of drug-likeness (QED) is 0.174. The Morgan fingerprint density at radius 2 is 1.15 bits per heavy atom. The number of hydrogen-bond acceptors (Lipinski definition) is 3. The van der Waals surface area contributed by atoms with Crippen molar-refractivity contribution in [2.24, 2.45) is 0 Å². The Bertz CT molecular complexity index is 3520. The largest absolute Gasteiger partial charge is 0.456 e. The van der Waals surface area contributed by atoms with Crippen molar-refractivity contribution >= 4 is 32.6 Å². The van der Waals surface area contributed by atoms with Crippen LogP contribution in [0.15, 0.2) is 206 Å². The van der Waals surface area contributed by atoms with Gasteiger partial charge in [0.25, 0.3) is 0 Å². The van der Waals surface area contributed by atoms with Crippen molar-refractivity contribution in [2.45, 2.75) is 12.3 Å². The van der Waals surface area contributed by atoms with Crippen molar-refractivity contribution < 1.29 is 4.74 Å². The molecular formula is C58H37N3O. The van der Waals surface area contributed by atoms with E-state index >= 15 is 0 Å². The average Bonchev–Trinajstić information content (AvgIpc) is 3.68. The van der Waals surface area contributed by atoms with Gasteiger partial charge in [-0.15, -0.1) is 0 Å². The summed E-state index contributed by atoms with van der Waals surface area (Å²) in [5.74, 6) is 2.55. The molecule has 1 unspecified atom stereocenters. The molecule has 0 spiro atoms. The van der Waals surface area contributed by atoms with E-state index in [4.69, 9.17) is 14.7 Å². The Hall–Kier alpha value is -8.08. The van der Waals surface area contributed by atoms with E-state index in [-0.39, 0.29) is 5.92 Å². The first-order chi connectivity index (χ1) is 30.7. The third-order valence-electron chi connectivity index (χ3n) is 13.0. The third kappa shape index (κ3) is 5.33. The van der Waals surface area contributed by atoms with E-state index in [1.807, 2.05) is 6.07 Å². The molecule has 2 aliphatic rings. The maximum atomic E-state index is 6.93. The molecule has 4 heteroatoms. The van der Waals surface area contributed by atoms with Crippen LogP contribution in [0, 0.1) is 0 Å². The maximum absolute atomic E-state index is 6.93. The van der Waals surface area contributed by atoms with Gasteiger partial charge in [-0.25, -0.2) is 9.97 Å². The van der Waals surface area contributed by atoms with Crippen LogP contribution in [0.4, 0.5) is 0 Å². The lowest BCUT2D eigenvalue weighted by Crippen LogP contribution is -2.15. The van der Waals surface area contributed by atoms with Crippen LogP contribution in [0.3, 0.4) is 0 Å². The molecule has 0 radical (unpaired) electrons. The number of nitrogens with zero attached hydrogens (tertiary/aromatic N) is 3. The van der Waals surface area contributed by atoms with Gasteiger partial charge in [0.2, 0.25) is 0 Å². The number of para-hydroxylation sites is 2. The first-order valence-electron chi connectivity index (χ1n) is 21.3. The van der Waals surface area contributed by atoms with Crippen molar-refractivity contribution in [1.29, 1.82) is 0 Å². The number of benzene rings is 9. The summed E-state index contributed by atoms with van der Waals surface area (Å²) in [4.78, 5) is 10.4. The third-order valence-corrected chi connectivity index (χ3v) is 13.0. The lowest BCUT2D eigenvalue weighted by Gasteiger charge is -2.30. The summed E-state index contributed by atoms with van der Waals surface area (Å²) in [5, 5.41) is 4.83. The van der Waals surface area contributed by atoms with Crippen molar-refractivity contribution in [3.63, 3.8) is 0 Å². The lowest BCUT2D eigenvalue weighted by atomic mass is 9.74. The number of hydrogen-bond donors (Lipinski definition) is 0. The molecule has 4 nitrogen and oxygen atoms in total. The molecule has 3 heterocycles. The highest BCUT2D eigenvalue weighted by Crippen LogP contribution is 2.53. The molecule has 62 heavy (non-hydrogen) atoms. The Morgan fingerprint density at radius 3 is 2.00 bits per heavy atom. The summed E-state index contributed by atoms with van der Waals surface area (Å²) in [5.41, 5.74) is 17.3. The Kier molecular flexibility index (Phi) is 7.70. The Morgan fingerprint density at radius 1 is 0.452 bits per heavy atom. The van der Waals surface area contributed by atoms with Crippen LogP contribution in [0.1, 0.15) is 22.7 Å². The number of fused-ring (bicyclic) bond motifs is 9. The van der Waals surface area contributed by atoms with Crippen LogP contribution in [-0.2, 0) is 6.42 Å². The van der Waals surface area contributed by atoms with Crippen LogP contribution in [0.5, 0.6) is 11.5 Å². The van der Waals surface area contributed by atoms with Crippen LogP contribution in [0.2, 0.25) is 0 Å². The van der Waals surface area contributed by atoms with Gasteiger partial charge < -0.3 is 9.30 Å². The topological polar surface area (TPSA) is 39.9 Å². The summed E-state index contributed by atoms with van der Waals surface area (Å²) in [6.07, 6.45) is 0.826. The molecule has 2 aromatic heterocycles. The fraction of sp³-hybridized carbons (Fsp3) is 0.0345. The zero-order valence-corrected chi connectivity index (χ0v) is 33.7. The fourth-order valence-corrected chi connectivity index (χ4v) is 10.2. The van der Waals surface area contributed by atoms with Crippen LogP contribution < -0.4 is 4.74 Å². The first kappa shape index (κ1) is 34.8. The molecule has 0 fully saturated rings. The van der Waals surface area contributed by atoms with E-state index in [0.29, 0.717) is 0 Å². The second kappa shape index (κ2) is 13.7. The number of aromatic nitrogens is 3. The Labute approximate surface area is 359 Å². The highest BCUT2D eigenvalue weighted by Gasteiger charge is 2.31. The maximum Gasteiger partial charge on any atom is 0.160 e. The Balaban J connectivity index is 0.952. The second-order valence-electron chi connectivity index (χ2n) is 16.4. The molecule has 0 N–H and O–H groups in total. The monoisotopic (exact) mass is 791 g/mol. The predicted octanol–water partition coefficient (Wildman–Crippen LogP) is 14.9. The summed E-state index contributed by atoms with van der Waals surface area (Å²) >= 11 is 0. The molecule has 13 rings (SSSR count). The highest BCUT2D eigenvalue weighted by atomic mass is 16.5. The van der Waals surface area contributed by atoms with Crippen LogP contribution >= 0.6 is 0 Å². The van der Waals surface area contributed by atoms with Crippen molar-refractivity contribution in [3.8, 4) is 73.2 Å². The summed E-state index contributed by atoms with van der Waals surface area (Å²) in [7, 11) is 0. The highest BCUT2D eigenvalue weighted by molar-refractivity contribution is 6.25. The molecule has 290 valence electrons. The molecule has 9 aromatic carbocycles. The normalized spacial score (nSPS) is 13.7. The molecule has 0 amide bonds. The zero-order chi connectivity index (χ0) is 40.7. The standard InChI is InChI=1S/C58H37N3O/c1-4-16-36(17-5-1)49-34-50(60-58(59-49)37-18-6-2-7-19-37)47-33-39-20-14-26-41(55(39)43-24-11-10-23-42(43)47)38-30-31-53-48(32-38)44-27-15-28-46-56-45-25-12-13-29-51(45)61(40-21-8-3-9-22-40)52(56)35-54(62-53)57(44)46/h1-32,34-35,47H,33H2. The number of ether oxygens (including phenoxy) is 1. The SMILES string of the molecule is c1ccc(-c2cc(C3Cc4cccc(-c5ccc6c(c5)-c5cccc7c5c(cc5c7c7ccccc7n5-c5ccccc5)O6)c4-c4ccccc43)nc(-c3ccccc3)n2)cc1. The summed E-state index contributed by atoms with van der Waals surface area (Å²) in [6, 6.07) is 73.8. The summed E-state index contributed by atoms with van der Waals surface area (Å²) in [6.45, 7) is 0. The van der Waals surface area contributed by atoms with Crippen LogP contribution in [-0.4, -0.2) is 14.5 Å².